The van der Waals surface area contributed by atoms with Gasteiger partial charge in [-0.3, -0.25) is 10.1 Å². The molecule has 0 fully saturated rings. The van der Waals surface area contributed by atoms with E-state index >= 15 is 0 Å². The normalized spacial score (nSPS) is 20.5. The number of nitro benzene ring substituents is 1. The first-order chi connectivity index (χ1) is 7.96. The number of fused-ring (bicyclic) bond motifs is 1. The lowest BCUT2D eigenvalue weighted by molar-refractivity contribution is -0.384. The molecular formula is C12H14N2O3. The Balaban J connectivity index is 2.42. The first kappa shape index (κ1) is 11.6. The zero-order valence-corrected chi connectivity index (χ0v) is 9.77. The van der Waals surface area contributed by atoms with Gasteiger partial charge in [-0.1, -0.05) is 13.8 Å². The van der Waals surface area contributed by atoms with Crippen LogP contribution in [0.2, 0.25) is 0 Å². The summed E-state index contributed by atoms with van der Waals surface area (Å²) in [5, 5.41) is 13.9. The Bertz CT molecular complexity index is 483. The SMILES string of the molecule is CC1(C)c2ccc([N+](=O)[O-])cc2NC1CC=O. The number of nitrogens with one attached hydrogen (secondary N) is 1. The van der Waals surface area contributed by atoms with E-state index in [0.29, 0.717) is 6.42 Å². The van der Waals surface area contributed by atoms with Crippen LogP contribution in [0.1, 0.15) is 25.8 Å². The minimum atomic E-state index is -0.415. The fourth-order valence-electron chi connectivity index (χ4n) is 2.33. The standard InChI is InChI=1S/C12H14N2O3/c1-12(2)9-4-3-8(14(16)17)7-10(9)13-11(12)5-6-15/h3-4,6-7,11,13H,5H2,1-2H3. The highest BCUT2D eigenvalue weighted by Gasteiger charge is 2.39. The zero-order valence-electron chi connectivity index (χ0n) is 9.77. The van der Waals surface area contributed by atoms with E-state index in [1.807, 2.05) is 13.8 Å². The second-order valence-corrected chi connectivity index (χ2v) is 4.81. The number of nitrogens with zero attached hydrogens (tertiary/aromatic N) is 1. The molecule has 1 heterocycles. The molecule has 0 radical (unpaired) electrons. The van der Waals surface area contributed by atoms with Crippen molar-refractivity contribution in [1.29, 1.82) is 0 Å². The summed E-state index contributed by atoms with van der Waals surface area (Å²) in [6.07, 6.45) is 1.27. The van der Waals surface area contributed by atoms with Gasteiger partial charge in [-0.25, -0.2) is 0 Å². The Kier molecular flexibility index (Phi) is 2.61. The molecule has 2 rings (SSSR count). The fourth-order valence-corrected chi connectivity index (χ4v) is 2.33. The molecule has 1 unspecified atom stereocenters. The number of carbonyl (C=O) groups is 1. The fraction of sp³-hybridized carbons (Fsp3) is 0.417. The molecule has 0 saturated heterocycles. The van der Waals surface area contributed by atoms with Crippen LogP contribution in [0.15, 0.2) is 18.2 Å². The number of benzene rings is 1. The second-order valence-electron chi connectivity index (χ2n) is 4.81. The van der Waals surface area contributed by atoms with E-state index in [1.165, 1.54) is 12.1 Å². The largest absolute Gasteiger partial charge is 0.381 e. The first-order valence-corrected chi connectivity index (χ1v) is 5.46. The van der Waals surface area contributed by atoms with Gasteiger partial charge in [-0.05, 0) is 11.6 Å². The Morgan fingerprint density at radius 2 is 2.24 bits per heavy atom. The van der Waals surface area contributed by atoms with Crippen LogP contribution < -0.4 is 5.32 Å². The van der Waals surface area contributed by atoms with Gasteiger partial charge in [0.05, 0.1) is 4.92 Å². The molecular weight excluding hydrogens is 220 g/mol. The maximum absolute atomic E-state index is 10.7. The summed E-state index contributed by atoms with van der Waals surface area (Å²) < 4.78 is 0. The molecule has 1 N–H and O–H groups in total. The third kappa shape index (κ3) is 1.77. The number of carbonyl (C=O) groups excluding carboxylic acids is 1. The Morgan fingerprint density at radius 1 is 1.53 bits per heavy atom. The topological polar surface area (TPSA) is 72.2 Å². The van der Waals surface area contributed by atoms with Crippen molar-refractivity contribution in [2.45, 2.75) is 31.7 Å². The molecule has 1 aromatic carbocycles. The van der Waals surface area contributed by atoms with Crippen molar-refractivity contribution in [3.05, 3.63) is 33.9 Å². The Labute approximate surface area is 99.0 Å². The van der Waals surface area contributed by atoms with Gasteiger partial charge in [0.25, 0.3) is 5.69 Å². The molecule has 0 saturated carbocycles. The van der Waals surface area contributed by atoms with E-state index in [0.717, 1.165) is 17.5 Å². The van der Waals surface area contributed by atoms with Crippen molar-refractivity contribution >= 4 is 17.7 Å². The summed E-state index contributed by atoms with van der Waals surface area (Å²) in [5.41, 5.74) is 1.66. The molecule has 0 aromatic heterocycles. The minimum absolute atomic E-state index is 0.00277. The van der Waals surface area contributed by atoms with E-state index in [-0.39, 0.29) is 17.1 Å². The third-order valence-electron chi connectivity index (χ3n) is 3.44. The van der Waals surface area contributed by atoms with Crippen molar-refractivity contribution in [3.8, 4) is 0 Å². The highest BCUT2D eigenvalue weighted by Crippen LogP contribution is 2.42. The van der Waals surface area contributed by atoms with Gasteiger partial charge in [0.2, 0.25) is 0 Å². The smallest absolute Gasteiger partial charge is 0.271 e. The molecule has 1 atom stereocenters. The molecule has 5 heteroatoms. The second kappa shape index (κ2) is 3.84. The van der Waals surface area contributed by atoms with Gasteiger partial charge >= 0.3 is 0 Å². The summed E-state index contributed by atoms with van der Waals surface area (Å²) in [7, 11) is 0. The average Bonchev–Trinajstić information content (AvgIpc) is 2.51. The van der Waals surface area contributed by atoms with Crippen LogP contribution in [-0.4, -0.2) is 17.3 Å². The van der Waals surface area contributed by atoms with Crippen LogP contribution in [0.25, 0.3) is 0 Å². The summed E-state index contributed by atoms with van der Waals surface area (Å²) in [6.45, 7) is 4.07. The van der Waals surface area contributed by atoms with Crippen LogP contribution in [0.5, 0.6) is 0 Å². The lowest BCUT2D eigenvalue weighted by Gasteiger charge is -2.25. The minimum Gasteiger partial charge on any atom is -0.381 e. The quantitative estimate of drug-likeness (QED) is 0.494. The number of non-ortho nitro benzene ring substituents is 1. The molecule has 1 aromatic rings. The zero-order chi connectivity index (χ0) is 12.6. The summed E-state index contributed by atoms with van der Waals surface area (Å²) >= 11 is 0. The van der Waals surface area contributed by atoms with Crippen molar-refractivity contribution in [1.82, 2.24) is 0 Å². The van der Waals surface area contributed by atoms with Gasteiger partial charge in [0, 0.05) is 35.7 Å². The van der Waals surface area contributed by atoms with Gasteiger partial charge in [0.1, 0.15) is 6.29 Å². The van der Waals surface area contributed by atoms with E-state index < -0.39 is 4.92 Å². The maximum atomic E-state index is 10.7. The number of aldehydes is 1. The molecule has 1 aliphatic heterocycles. The molecule has 90 valence electrons. The van der Waals surface area contributed by atoms with E-state index in [2.05, 4.69) is 5.32 Å². The van der Waals surface area contributed by atoms with Gasteiger partial charge in [-0.2, -0.15) is 0 Å². The van der Waals surface area contributed by atoms with Gasteiger partial charge in [0.15, 0.2) is 0 Å². The van der Waals surface area contributed by atoms with Crippen molar-refractivity contribution in [2.24, 2.45) is 0 Å². The van der Waals surface area contributed by atoms with E-state index in [4.69, 9.17) is 0 Å². The molecule has 17 heavy (non-hydrogen) atoms. The molecule has 5 nitrogen and oxygen atoms in total. The number of anilines is 1. The summed E-state index contributed by atoms with van der Waals surface area (Å²) in [5.74, 6) is 0. The Morgan fingerprint density at radius 3 is 2.82 bits per heavy atom. The van der Waals surface area contributed by atoms with Crippen LogP contribution in [0.3, 0.4) is 0 Å². The maximum Gasteiger partial charge on any atom is 0.271 e. The molecule has 1 aliphatic rings. The number of hydrogen-bond acceptors (Lipinski definition) is 4. The molecule has 0 spiro atoms. The van der Waals surface area contributed by atoms with Crippen molar-refractivity contribution in [2.75, 3.05) is 5.32 Å². The lowest BCUT2D eigenvalue weighted by atomic mass is 9.79. The predicted octanol–water partition coefficient (Wildman–Crippen LogP) is 2.26. The Hall–Kier alpha value is -1.91. The van der Waals surface area contributed by atoms with Crippen LogP contribution in [-0.2, 0) is 10.2 Å². The summed E-state index contributed by atoms with van der Waals surface area (Å²) in [4.78, 5) is 20.9. The average molecular weight is 234 g/mol. The third-order valence-corrected chi connectivity index (χ3v) is 3.44. The monoisotopic (exact) mass is 234 g/mol. The van der Waals surface area contributed by atoms with Crippen LogP contribution in [0.4, 0.5) is 11.4 Å². The van der Waals surface area contributed by atoms with E-state index in [1.54, 1.807) is 6.07 Å². The molecule has 0 bridgehead atoms. The van der Waals surface area contributed by atoms with Crippen LogP contribution in [0, 0.1) is 10.1 Å². The molecule has 0 aliphatic carbocycles. The van der Waals surface area contributed by atoms with Crippen LogP contribution >= 0.6 is 0 Å². The first-order valence-electron chi connectivity index (χ1n) is 5.46. The number of hydrogen-bond donors (Lipinski definition) is 1. The lowest BCUT2D eigenvalue weighted by Crippen LogP contribution is -2.33. The number of rotatable bonds is 3. The van der Waals surface area contributed by atoms with E-state index in [9.17, 15) is 14.9 Å². The highest BCUT2D eigenvalue weighted by molar-refractivity contribution is 5.67. The van der Waals surface area contributed by atoms with Crippen molar-refractivity contribution in [3.63, 3.8) is 0 Å². The predicted molar refractivity (Wildman–Crippen MR) is 64.2 cm³/mol. The molecule has 0 amide bonds. The van der Waals surface area contributed by atoms with Crippen molar-refractivity contribution < 1.29 is 9.72 Å². The van der Waals surface area contributed by atoms with Gasteiger partial charge in [-0.15, -0.1) is 0 Å². The summed E-state index contributed by atoms with van der Waals surface area (Å²) in [6, 6.07) is 4.80. The van der Waals surface area contributed by atoms with Gasteiger partial charge < -0.3 is 10.1 Å². The number of nitro groups is 1. The highest BCUT2D eigenvalue weighted by atomic mass is 16.6.